The lowest BCUT2D eigenvalue weighted by Crippen LogP contribution is -2.38. The van der Waals surface area contributed by atoms with Gasteiger partial charge in [0.15, 0.2) is 5.82 Å². The predicted octanol–water partition coefficient (Wildman–Crippen LogP) is 1.06. The number of nitrogens with zero attached hydrogens (tertiary/aromatic N) is 4. The van der Waals surface area contributed by atoms with Crippen LogP contribution in [0.4, 0.5) is 11.8 Å². The van der Waals surface area contributed by atoms with Crippen molar-refractivity contribution in [1.29, 1.82) is 0 Å². The van der Waals surface area contributed by atoms with Gasteiger partial charge >= 0.3 is 0 Å². The second-order valence-electron chi connectivity index (χ2n) is 5.35. The van der Waals surface area contributed by atoms with E-state index in [-0.39, 0.29) is 12.1 Å². The van der Waals surface area contributed by atoms with Crippen LogP contribution in [0.25, 0.3) is 0 Å². The Morgan fingerprint density at radius 2 is 2.30 bits per heavy atom. The summed E-state index contributed by atoms with van der Waals surface area (Å²) in [6.45, 7) is 4.16. The monoisotopic (exact) mass is 299 g/mol. The molecular weight excluding hydrogens is 278 g/mol. The van der Waals surface area contributed by atoms with Crippen LogP contribution in [0.15, 0.2) is 6.20 Å². The fourth-order valence-corrected chi connectivity index (χ4v) is 2.75. The third kappa shape index (κ3) is 3.50. The van der Waals surface area contributed by atoms with E-state index in [0.29, 0.717) is 23.3 Å². The van der Waals surface area contributed by atoms with Gasteiger partial charge in [-0.05, 0) is 27.4 Å². The second kappa shape index (κ2) is 6.56. The number of halogens is 1. The molecule has 1 saturated heterocycles. The molecule has 1 aromatic heterocycles. The molecule has 1 aliphatic rings. The second-order valence-corrected chi connectivity index (χ2v) is 5.76. The number of aliphatic hydroxyl groups is 1. The van der Waals surface area contributed by atoms with Gasteiger partial charge < -0.3 is 20.2 Å². The van der Waals surface area contributed by atoms with E-state index in [9.17, 15) is 5.11 Å². The minimum atomic E-state index is -0.339. The highest BCUT2D eigenvalue weighted by Gasteiger charge is 2.33. The average molecular weight is 300 g/mol. The summed E-state index contributed by atoms with van der Waals surface area (Å²) in [5.74, 6) is 1.26. The zero-order chi connectivity index (χ0) is 14.7. The highest BCUT2D eigenvalue weighted by molar-refractivity contribution is 6.32. The molecule has 2 atom stereocenters. The predicted molar refractivity (Wildman–Crippen MR) is 81.5 cm³/mol. The Morgan fingerprint density at radius 1 is 1.55 bits per heavy atom. The number of likely N-dealkylation sites (N-methyl/N-ethyl adjacent to an activating group) is 1. The van der Waals surface area contributed by atoms with Crippen LogP contribution in [0, 0.1) is 0 Å². The largest absolute Gasteiger partial charge is 0.391 e. The summed E-state index contributed by atoms with van der Waals surface area (Å²) in [5, 5.41) is 13.5. The van der Waals surface area contributed by atoms with Gasteiger partial charge in [-0.3, -0.25) is 0 Å². The minimum Gasteiger partial charge on any atom is -0.391 e. The summed E-state index contributed by atoms with van der Waals surface area (Å²) in [4.78, 5) is 12.8. The van der Waals surface area contributed by atoms with Crippen LogP contribution in [-0.4, -0.2) is 65.8 Å². The SMILES string of the molecule is CCNc1ncc(Cl)c(N2CC(O)CC2CN(C)C)n1. The van der Waals surface area contributed by atoms with E-state index in [4.69, 9.17) is 11.6 Å². The number of β-amino-alcohol motifs (C(OH)–C–C–N with tert-alkyl or cyclic N) is 1. The van der Waals surface area contributed by atoms with Crippen LogP contribution >= 0.6 is 11.6 Å². The fraction of sp³-hybridized carbons (Fsp3) is 0.692. The van der Waals surface area contributed by atoms with Crippen molar-refractivity contribution in [1.82, 2.24) is 14.9 Å². The molecule has 2 N–H and O–H groups in total. The molecule has 0 radical (unpaired) electrons. The summed E-state index contributed by atoms with van der Waals surface area (Å²) in [5.41, 5.74) is 0. The van der Waals surface area contributed by atoms with Crippen molar-refractivity contribution >= 4 is 23.4 Å². The minimum absolute atomic E-state index is 0.210. The molecule has 0 aliphatic carbocycles. The van der Waals surface area contributed by atoms with Crippen molar-refractivity contribution in [3.05, 3.63) is 11.2 Å². The maximum Gasteiger partial charge on any atom is 0.224 e. The molecule has 0 bridgehead atoms. The number of hydrogen-bond acceptors (Lipinski definition) is 6. The molecule has 2 unspecified atom stereocenters. The van der Waals surface area contributed by atoms with Gasteiger partial charge in [-0.15, -0.1) is 0 Å². The molecule has 1 aliphatic heterocycles. The van der Waals surface area contributed by atoms with Crippen LogP contribution in [0.5, 0.6) is 0 Å². The molecule has 0 aromatic carbocycles. The van der Waals surface area contributed by atoms with E-state index < -0.39 is 0 Å². The fourth-order valence-electron chi connectivity index (χ4n) is 2.55. The zero-order valence-electron chi connectivity index (χ0n) is 12.2. The Labute approximate surface area is 124 Å². The Bertz CT molecular complexity index is 456. The molecule has 7 heteroatoms. The van der Waals surface area contributed by atoms with Gasteiger partial charge in [-0.2, -0.15) is 4.98 Å². The molecule has 2 heterocycles. The van der Waals surface area contributed by atoms with Crippen LogP contribution < -0.4 is 10.2 Å². The molecule has 112 valence electrons. The molecule has 20 heavy (non-hydrogen) atoms. The Kier molecular flexibility index (Phi) is 5.01. The first-order valence-corrected chi connectivity index (χ1v) is 7.25. The van der Waals surface area contributed by atoms with Crippen LogP contribution in [0.2, 0.25) is 5.02 Å². The maximum absolute atomic E-state index is 9.95. The van der Waals surface area contributed by atoms with Crippen LogP contribution in [0.1, 0.15) is 13.3 Å². The van der Waals surface area contributed by atoms with Crippen LogP contribution in [-0.2, 0) is 0 Å². The highest BCUT2D eigenvalue weighted by Crippen LogP contribution is 2.30. The lowest BCUT2D eigenvalue weighted by molar-refractivity contribution is 0.191. The summed E-state index contributed by atoms with van der Waals surface area (Å²) in [6.07, 6.45) is 2.00. The van der Waals surface area contributed by atoms with Gasteiger partial charge in [0.25, 0.3) is 0 Å². The van der Waals surface area contributed by atoms with Gasteiger partial charge in [0, 0.05) is 25.7 Å². The summed E-state index contributed by atoms with van der Waals surface area (Å²) in [7, 11) is 4.04. The van der Waals surface area contributed by atoms with Gasteiger partial charge in [0.2, 0.25) is 5.95 Å². The van der Waals surface area contributed by atoms with Gasteiger partial charge in [0.1, 0.15) is 5.02 Å². The van der Waals surface area contributed by atoms with Gasteiger partial charge in [0.05, 0.1) is 12.3 Å². The van der Waals surface area contributed by atoms with E-state index in [0.717, 1.165) is 19.5 Å². The Balaban J connectivity index is 2.25. The summed E-state index contributed by atoms with van der Waals surface area (Å²) in [6, 6.07) is 0.210. The number of aliphatic hydroxyl groups excluding tert-OH is 1. The smallest absolute Gasteiger partial charge is 0.224 e. The third-order valence-corrected chi connectivity index (χ3v) is 3.57. The van der Waals surface area contributed by atoms with Crippen LogP contribution in [0.3, 0.4) is 0 Å². The molecule has 6 nitrogen and oxygen atoms in total. The summed E-state index contributed by atoms with van der Waals surface area (Å²) >= 11 is 6.24. The van der Waals surface area contributed by atoms with Crippen molar-refractivity contribution < 1.29 is 5.11 Å². The first-order chi connectivity index (χ1) is 9.51. The zero-order valence-corrected chi connectivity index (χ0v) is 12.9. The first kappa shape index (κ1) is 15.3. The Morgan fingerprint density at radius 3 is 2.95 bits per heavy atom. The van der Waals surface area contributed by atoms with Gasteiger partial charge in [-0.25, -0.2) is 4.98 Å². The molecule has 0 saturated carbocycles. The standard InChI is InChI=1S/C13H22ClN5O/c1-4-15-13-16-6-11(14)12(17-13)19-8-10(20)5-9(19)7-18(2)3/h6,9-10,20H,4-5,7-8H2,1-3H3,(H,15,16,17). The first-order valence-electron chi connectivity index (χ1n) is 6.87. The highest BCUT2D eigenvalue weighted by atomic mass is 35.5. The summed E-state index contributed by atoms with van der Waals surface area (Å²) < 4.78 is 0. The molecule has 1 fully saturated rings. The van der Waals surface area contributed by atoms with Gasteiger partial charge in [-0.1, -0.05) is 11.6 Å². The average Bonchev–Trinajstić information content (AvgIpc) is 2.72. The quantitative estimate of drug-likeness (QED) is 0.848. The topological polar surface area (TPSA) is 64.5 Å². The van der Waals surface area contributed by atoms with E-state index in [1.807, 2.05) is 21.0 Å². The Hall–Kier alpha value is -1.11. The van der Waals surface area contributed by atoms with Crippen molar-refractivity contribution in [3.8, 4) is 0 Å². The maximum atomic E-state index is 9.95. The van der Waals surface area contributed by atoms with E-state index in [1.54, 1.807) is 6.20 Å². The lowest BCUT2D eigenvalue weighted by atomic mass is 10.2. The molecule has 1 aromatic rings. The van der Waals surface area contributed by atoms with E-state index in [1.165, 1.54) is 0 Å². The molecular formula is C13H22ClN5O. The number of aromatic nitrogens is 2. The molecule has 0 spiro atoms. The van der Waals surface area contributed by atoms with Crippen molar-refractivity contribution in [2.45, 2.75) is 25.5 Å². The van der Waals surface area contributed by atoms with Crippen molar-refractivity contribution in [2.24, 2.45) is 0 Å². The number of rotatable bonds is 5. The lowest BCUT2D eigenvalue weighted by Gasteiger charge is -2.28. The number of nitrogens with one attached hydrogen (secondary N) is 1. The van der Waals surface area contributed by atoms with Crippen molar-refractivity contribution in [2.75, 3.05) is 43.9 Å². The third-order valence-electron chi connectivity index (χ3n) is 3.30. The number of hydrogen-bond donors (Lipinski definition) is 2. The molecule has 2 rings (SSSR count). The van der Waals surface area contributed by atoms with Crippen molar-refractivity contribution in [3.63, 3.8) is 0 Å². The van der Waals surface area contributed by atoms with E-state index >= 15 is 0 Å². The normalized spacial score (nSPS) is 22.6. The molecule has 0 amide bonds. The van der Waals surface area contributed by atoms with E-state index in [2.05, 4.69) is 25.1 Å². The number of anilines is 2.